The van der Waals surface area contributed by atoms with Crippen LogP contribution in [-0.2, 0) is 0 Å². The quantitative estimate of drug-likeness (QED) is 0.278. The number of azide groups is 1. The maximum atomic E-state index is 8.75. The number of terminal acetylenes is 1. The standard InChI is InChI=1S/C12H19N3.C3H4/c1-10-3-9-4-11(2,6-10)8-12(5-9,7-10)14-15-13;1-3-2/h9H,3-8H2,1-2H3;1H,2H3/t9?,10-,11+,12?;. The Morgan fingerprint density at radius 3 is 2.06 bits per heavy atom. The minimum atomic E-state index is -0.0162. The van der Waals surface area contributed by atoms with E-state index in [9.17, 15) is 0 Å². The highest BCUT2D eigenvalue weighted by Gasteiger charge is 2.59. The van der Waals surface area contributed by atoms with Gasteiger partial charge in [-0.25, -0.2) is 0 Å². The molecule has 0 aromatic carbocycles. The van der Waals surface area contributed by atoms with Gasteiger partial charge in [0, 0.05) is 4.91 Å². The number of rotatable bonds is 1. The van der Waals surface area contributed by atoms with Gasteiger partial charge in [0.2, 0.25) is 0 Å². The summed E-state index contributed by atoms with van der Waals surface area (Å²) in [6.07, 6.45) is 12.1. The van der Waals surface area contributed by atoms with Crippen molar-refractivity contribution >= 4 is 0 Å². The zero-order valence-electron chi connectivity index (χ0n) is 11.7. The van der Waals surface area contributed by atoms with Gasteiger partial charge in [0.05, 0.1) is 5.54 Å². The van der Waals surface area contributed by atoms with E-state index in [1.54, 1.807) is 6.92 Å². The van der Waals surface area contributed by atoms with Crippen molar-refractivity contribution < 1.29 is 0 Å². The summed E-state index contributed by atoms with van der Waals surface area (Å²) in [7, 11) is 0. The molecule has 4 aliphatic carbocycles. The van der Waals surface area contributed by atoms with Crippen molar-refractivity contribution in [2.45, 2.75) is 64.8 Å². The van der Waals surface area contributed by atoms with Gasteiger partial charge in [0.1, 0.15) is 0 Å². The lowest BCUT2D eigenvalue weighted by Crippen LogP contribution is -2.57. The zero-order valence-corrected chi connectivity index (χ0v) is 11.7. The lowest BCUT2D eigenvalue weighted by atomic mass is 9.43. The third-order valence-electron chi connectivity index (χ3n) is 4.85. The summed E-state index contributed by atoms with van der Waals surface area (Å²) in [6, 6.07) is 0. The molecule has 3 nitrogen and oxygen atoms in total. The molecule has 0 aromatic rings. The molecule has 0 heterocycles. The van der Waals surface area contributed by atoms with Crippen molar-refractivity contribution in [2.75, 3.05) is 0 Å². The average molecular weight is 245 g/mol. The molecule has 2 unspecified atom stereocenters. The fourth-order valence-corrected chi connectivity index (χ4v) is 5.59. The molecule has 0 aliphatic heterocycles. The molecule has 0 aromatic heterocycles. The molecule has 0 radical (unpaired) electrons. The van der Waals surface area contributed by atoms with Crippen molar-refractivity contribution in [1.82, 2.24) is 0 Å². The highest BCUT2D eigenvalue weighted by Crippen LogP contribution is 2.67. The highest BCUT2D eigenvalue weighted by atomic mass is 15.2. The maximum Gasteiger partial charge on any atom is 0.0501 e. The minimum Gasteiger partial charge on any atom is -0.120 e. The SMILES string of the molecule is C#CC.C[C@]12CC3CC(N=[N+]=[N-])(C1)C[C@@](C)(C3)C2. The third kappa shape index (κ3) is 2.22. The van der Waals surface area contributed by atoms with Crippen molar-refractivity contribution in [3.63, 3.8) is 0 Å². The molecule has 3 heteroatoms. The van der Waals surface area contributed by atoms with Crippen LogP contribution >= 0.6 is 0 Å². The summed E-state index contributed by atoms with van der Waals surface area (Å²) in [4.78, 5) is 3.11. The van der Waals surface area contributed by atoms with E-state index in [-0.39, 0.29) is 5.54 Å². The van der Waals surface area contributed by atoms with E-state index in [1.807, 2.05) is 0 Å². The lowest BCUT2D eigenvalue weighted by molar-refractivity contribution is -0.104. The Morgan fingerprint density at radius 2 is 1.67 bits per heavy atom. The average Bonchev–Trinajstić information content (AvgIpc) is 2.11. The van der Waals surface area contributed by atoms with Gasteiger partial charge in [-0.05, 0) is 67.7 Å². The first-order valence-corrected chi connectivity index (χ1v) is 6.82. The fraction of sp³-hybridized carbons (Fsp3) is 0.867. The van der Waals surface area contributed by atoms with Crippen molar-refractivity contribution in [3.8, 4) is 12.3 Å². The summed E-state index contributed by atoms with van der Waals surface area (Å²) in [5, 5.41) is 4.19. The Hall–Kier alpha value is -1.13. The first kappa shape index (κ1) is 13.3. The summed E-state index contributed by atoms with van der Waals surface area (Å²) in [6.45, 7) is 6.45. The Morgan fingerprint density at radius 1 is 1.17 bits per heavy atom. The highest BCUT2D eigenvalue weighted by molar-refractivity contribution is 5.14. The van der Waals surface area contributed by atoms with Gasteiger partial charge in [0.25, 0.3) is 0 Å². The molecule has 4 saturated carbocycles. The third-order valence-corrected chi connectivity index (χ3v) is 4.85. The molecule has 4 fully saturated rings. The second-order valence-corrected chi connectivity index (χ2v) is 7.33. The summed E-state index contributed by atoms with van der Waals surface area (Å²) >= 11 is 0. The summed E-state index contributed by atoms with van der Waals surface area (Å²) in [5.74, 6) is 3.07. The van der Waals surface area contributed by atoms with Crippen LogP contribution in [0.3, 0.4) is 0 Å². The first-order chi connectivity index (χ1) is 8.38. The van der Waals surface area contributed by atoms with Crippen molar-refractivity contribution in [2.24, 2.45) is 21.9 Å². The van der Waals surface area contributed by atoms with Gasteiger partial charge in [-0.2, -0.15) is 0 Å². The molecule has 0 N–H and O–H groups in total. The van der Waals surface area contributed by atoms with Gasteiger partial charge in [-0.1, -0.05) is 19.0 Å². The lowest BCUT2D eigenvalue weighted by Gasteiger charge is -2.64. The number of hydrogen-bond donors (Lipinski definition) is 0. The smallest absolute Gasteiger partial charge is 0.0501 e. The molecule has 0 saturated heterocycles. The largest absolute Gasteiger partial charge is 0.120 e. The maximum absolute atomic E-state index is 8.75. The number of nitrogens with zero attached hydrogens (tertiary/aromatic N) is 3. The normalized spacial score (nSPS) is 47.6. The van der Waals surface area contributed by atoms with Crippen LogP contribution in [0.5, 0.6) is 0 Å². The summed E-state index contributed by atoms with van der Waals surface area (Å²) in [5.41, 5.74) is 9.66. The van der Waals surface area contributed by atoms with Crippen molar-refractivity contribution in [3.05, 3.63) is 10.4 Å². The number of hydrogen-bond acceptors (Lipinski definition) is 1. The predicted octanol–water partition coefficient (Wildman–Crippen LogP) is 4.69. The Kier molecular flexibility index (Phi) is 3.11. The molecule has 4 bridgehead atoms. The van der Waals surface area contributed by atoms with Crippen LogP contribution in [0.1, 0.15) is 59.3 Å². The van der Waals surface area contributed by atoms with E-state index in [1.165, 1.54) is 19.3 Å². The van der Waals surface area contributed by atoms with Crippen LogP contribution in [-0.4, -0.2) is 5.54 Å². The monoisotopic (exact) mass is 245 g/mol. The second-order valence-electron chi connectivity index (χ2n) is 7.33. The van der Waals surface area contributed by atoms with E-state index in [4.69, 9.17) is 5.53 Å². The molecule has 4 rings (SSSR count). The molecule has 4 aliphatic rings. The van der Waals surface area contributed by atoms with Crippen LogP contribution in [0.15, 0.2) is 5.11 Å². The molecule has 0 spiro atoms. The molecular formula is C15H23N3. The van der Waals surface area contributed by atoms with Crippen LogP contribution < -0.4 is 0 Å². The molecular weight excluding hydrogens is 222 g/mol. The van der Waals surface area contributed by atoms with E-state index >= 15 is 0 Å². The van der Waals surface area contributed by atoms with Gasteiger partial charge >= 0.3 is 0 Å². The fourth-order valence-electron chi connectivity index (χ4n) is 5.59. The van der Waals surface area contributed by atoms with Crippen LogP contribution in [0.4, 0.5) is 0 Å². The van der Waals surface area contributed by atoms with Crippen LogP contribution in [0.25, 0.3) is 10.4 Å². The zero-order chi connectivity index (χ0) is 13.4. The molecule has 18 heavy (non-hydrogen) atoms. The van der Waals surface area contributed by atoms with E-state index in [0.717, 1.165) is 25.2 Å². The Bertz CT molecular complexity index is 410. The predicted molar refractivity (Wildman–Crippen MR) is 73.8 cm³/mol. The summed E-state index contributed by atoms with van der Waals surface area (Å²) < 4.78 is 0. The van der Waals surface area contributed by atoms with Crippen LogP contribution in [0, 0.1) is 29.1 Å². The van der Waals surface area contributed by atoms with E-state index in [2.05, 4.69) is 36.2 Å². The second kappa shape index (κ2) is 4.21. The molecule has 4 atom stereocenters. The minimum absolute atomic E-state index is 0.0162. The van der Waals surface area contributed by atoms with Gasteiger partial charge < -0.3 is 0 Å². The van der Waals surface area contributed by atoms with Gasteiger partial charge in [-0.3, -0.25) is 0 Å². The van der Waals surface area contributed by atoms with E-state index in [0.29, 0.717) is 10.8 Å². The first-order valence-electron chi connectivity index (χ1n) is 6.82. The van der Waals surface area contributed by atoms with Gasteiger partial charge in [0.15, 0.2) is 0 Å². The van der Waals surface area contributed by atoms with Crippen molar-refractivity contribution in [1.29, 1.82) is 0 Å². The van der Waals surface area contributed by atoms with Crippen LogP contribution in [0.2, 0.25) is 0 Å². The Labute approximate surface area is 110 Å². The Balaban J connectivity index is 0.000000367. The molecule has 0 amide bonds. The van der Waals surface area contributed by atoms with Gasteiger partial charge in [-0.15, -0.1) is 12.3 Å². The topological polar surface area (TPSA) is 48.8 Å². The van der Waals surface area contributed by atoms with E-state index < -0.39 is 0 Å². The molecule has 98 valence electrons.